The van der Waals surface area contributed by atoms with Gasteiger partial charge in [-0.15, -0.1) is 0 Å². The van der Waals surface area contributed by atoms with Crippen LogP contribution in [0, 0.1) is 0 Å². The molecule has 1 saturated heterocycles. The van der Waals surface area contributed by atoms with E-state index in [1.165, 1.54) is 17.4 Å². The molecule has 0 radical (unpaired) electrons. The SMILES string of the molecule is NC(CC(=O)O)C(=O)NC(CO)C(=O)NC(Cc1cnc[nH]1)C(=O)N1CCCC1C(=O)O. The number of aliphatic hydroxyl groups excluding tert-OH is 1. The van der Waals surface area contributed by atoms with Gasteiger partial charge in [-0.3, -0.25) is 19.2 Å². The predicted octanol–water partition coefficient (Wildman–Crippen LogP) is -3.21. The highest BCUT2D eigenvalue weighted by molar-refractivity contribution is 5.95. The highest BCUT2D eigenvalue weighted by atomic mass is 16.4. The number of carboxylic acids is 2. The fraction of sp³-hybridized carbons (Fsp3) is 0.556. The van der Waals surface area contributed by atoms with E-state index in [1.807, 2.05) is 0 Å². The van der Waals surface area contributed by atoms with E-state index in [2.05, 4.69) is 20.6 Å². The van der Waals surface area contributed by atoms with Crippen LogP contribution in [0.5, 0.6) is 0 Å². The molecule has 4 unspecified atom stereocenters. The molecule has 3 amide bonds. The second-order valence-electron chi connectivity index (χ2n) is 7.32. The zero-order valence-electron chi connectivity index (χ0n) is 17.1. The summed E-state index contributed by atoms with van der Waals surface area (Å²) in [6.45, 7) is -0.640. The average Bonchev–Trinajstić information content (AvgIpc) is 3.42. The van der Waals surface area contributed by atoms with Gasteiger partial charge < -0.3 is 41.6 Å². The van der Waals surface area contributed by atoms with Crippen LogP contribution in [0.4, 0.5) is 0 Å². The third kappa shape index (κ3) is 6.49. The standard InChI is InChI=1S/C18H26N6O8/c19-10(5-14(26)27)15(28)23-12(7-25)16(29)22-11(4-9-6-20-8-21-9)17(30)24-3-1-2-13(24)18(31)32/h6,8,10-13,25H,1-5,7,19H2,(H,20,21)(H,22,29)(H,23,28)(H,26,27)(H,31,32). The Morgan fingerprint density at radius 1 is 1.19 bits per heavy atom. The number of aromatic nitrogens is 2. The van der Waals surface area contributed by atoms with Crippen LogP contribution in [-0.2, 0) is 30.4 Å². The molecule has 2 rings (SSSR count). The topological polar surface area (TPSA) is 228 Å². The normalized spacial score (nSPS) is 18.4. The Morgan fingerprint density at radius 3 is 2.44 bits per heavy atom. The number of H-pyrrole nitrogens is 1. The van der Waals surface area contributed by atoms with Crippen LogP contribution >= 0.6 is 0 Å². The number of carbonyl (C=O) groups excluding carboxylic acids is 3. The Balaban J connectivity index is 2.14. The summed E-state index contributed by atoms with van der Waals surface area (Å²) in [6, 6.07) is -5.18. The molecule has 1 fully saturated rings. The molecule has 8 N–H and O–H groups in total. The average molecular weight is 454 g/mol. The van der Waals surface area contributed by atoms with Crippen LogP contribution < -0.4 is 16.4 Å². The van der Waals surface area contributed by atoms with Crippen LogP contribution in [0.15, 0.2) is 12.5 Å². The number of carbonyl (C=O) groups is 5. The zero-order valence-corrected chi connectivity index (χ0v) is 17.1. The van der Waals surface area contributed by atoms with Crippen LogP contribution in [0.2, 0.25) is 0 Å². The van der Waals surface area contributed by atoms with E-state index in [-0.39, 0.29) is 19.4 Å². The summed E-state index contributed by atoms with van der Waals surface area (Å²) in [7, 11) is 0. The lowest BCUT2D eigenvalue weighted by atomic mass is 10.1. The van der Waals surface area contributed by atoms with Crippen molar-refractivity contribution in [1.82, 2.24) is 25.5 Å². The Labute approximate surface area is 182 Å². The van der Waals surface area contributed by atoms with E-state index >= 15 is 0 Å². The van der Waals surface area contributed by atoms with Crippen molar-refractivity contribution in [1.29, 1.82) is 0 Å². The molecule has 1 aromatic rings. The minimum absolute atomic E-state index is 0.0436. The van der Waals surface area contributed by atoms with E-state index in [9.17, 15) is 34.2 Å². The van der Waals surface area contributed by atoms with Crippen molar-refractivity contribution in [2.45, 2.75) is 49.9 Å². The number of nitrogens with one attached hydrogen (secondary N) is 3. The molecule has 0 aliphatic carbocycles. The fourth-order valence-corrected chi connectivity index (χ4v) is 3.33. The number of nitrogens with zero attached hydrogens (tertiary/aromatic N) is 2. The molecule has 1 aromatic heterocycles. The number of aliphatic carboxylic acids is 2. The van der Waals surface area contributed by atoms with Crippen molar-refractivity contribution in [2.24, 2.45) is 5.73 Å². The molecule has 0 spiro atoms. The summed E-state index contributed by atoms with van der Waals surface area (Å²) in [6.07, 6.45) is 2.85. The first-order chi connectivity index (χ1) is 15.1. The van der Waals surface area contributed by atoms with Gasteiger partial charge >= 0.3 is 11.9 Å². The molecule has 1 aliphatic heterocycles. The second-order valence-corrected chi connectivity index (χ2v) is 7.32. The van der Waals surface area contributed by atoms with E-state index in [0.717, 1.165) is 0 Å². The molecule has 32 heavy (non-hydrogen) atoms. The Morgan fingerprint density at radius 2 is 1.88 bits per heavy atom. The Kier molecular flexibility index (Phi) is 8.66. The van der Waals surface area contributed by atoms with Gasteiger partial charge in [0.05, 0.1) is 25.4 Å². The summed E-state index contributed by atoms with van der Waals surface area (Å²) in [5.74, 6) is -5.00. The van der Waals surface area contributed by atoms with Crippen molar-refractivity contribution in [3.8, 4) is 0 Å². The number of rotatable bonds is 11. The van der Waals surface area contributed by atoms with Crippen molar-refractivity contribution in [3.05, 3.63) is 18.2 Å². The number of aromatic amines is 1. The number of amides is 3. The van der Waals surface area contributed by atoms with Gasteiger partial charge in [0.1, 0.15) is 18.1 Å². The van der Waals surface area contributed by atoms with Gasteiger partial charge in [0.2, 0.25) is 17.7 Å². The third-order valence-corrected chi connectivity index (χ3v) is 4.96. The highest BCUT2D eigenvalue weighted by Gasteiger charge is 2.38. The number of hydrogen-bond donors (Lipinski definition) is 7. The molecule has 0 saturated carbocycles. The molecular formula is C18H26N6O8. The molecule has 176 valence electrons. The maximum Gasteiger partial charge on any atom is 0.326 e. The fourth-order valence-electron chi connectivity index (χ4n) is 3.33. The highest BCUT2D eigenvalue weighted by Crippen LogP contribution is 2.19. The first-order valence-electron chi connectivity index (χ1n) is 9.83. The lowest BCUT2D eigenvalue weighted by Gasteiger charge is -2.28. The zero-order chi connectivity index (χ0) is 23.8. The first kappa shape index (κ1) is 24.7. The lowest BCUT2D eigenvalue weighted by Crippen LogP contribution is -2.58. The molecule has 0 bridgehead atoms. The molecule has 1 aliphatic rings. The molecule has 4 atom stereocenters. The molecule has 0 aromatic carbocycles. The summed E-state index contributed by atoms with van der Waals surface area (Å²) >= 11 is 0. The quantitative estimate of drug-likeness (QED) is 0.177. The number of nitrogens with two attached hydrogens (primary N) is 1. The van der Waals surface area contributed by atoms with Gasteiger partial charge in [-0.2, -0.15) is 0 Å². The Bertz CT molecular complexity index is 845. The summed E-state index contributed by atoms with van der Waals surface area (Å²) in [5, 5.41) is 32.2. The summed E-state index contributed by atoms with van der Waals surface area (Å²) in [4.78, 5) is 67.7. The summed E-state index contributed by atoms with van der Waals surface area (Å²) < 4.78 is 0. The third-order valence-electron chi connectivity index (χ3n) is 4.96. The van der Waals surface area contributed by atoms with E-state index in [0.29, 0.717) is 12.1 Å². The van der Waals surface area contributed by atoms with Crippen molar-refractivity contribution < 1.29 is 39.3 Å². The van der Waals surface area contributed by atoms with E-state index in [4.69, 9.17) is 10.8 Å². The van der Waals surface area contributed by atoms with Crippen LogP contribution in [0.3, 0.4) is 0 Å². The van der Waals surface area contributed by atoms with Crippen LogP contribution in [-0.4, -0.2) is 97.2 Å². The molecule has 14 nitrogen and oxygen atoms in total. The number of carboxylic acid groups (broad SMARTS) is 2. The van der Waals surface area contributed by atoms with Gasteiger partial charge in [-0.1, -0.05) is 0 Å². The largest absolute Gasteiger partial charge is 0.481 e. The van der Waals surface area contributed by atoms with Crippen molar-refractivity contribution in [3.63, 3.8) is 0 Å². The maximum absolute atomic E-state index is 13.1. The van der Waals surface area contributed by atoms with E-state index in [1.54, 1.807) is 0 Å². The number of likely N-dealkylation sites (tertiary alicyclic amines) is 1. The minimum Gasteiger partial charge on any atom is -0.481 e. The maximum atomic E-state index is 13.1. The number of aliphatic hydroxyl groups is 1. The monoisotopic (exact) mass is 454 g/mol. The van der Waals surface area contributed by atoms with Crippen molar-refractivity contribution >= 4 is 29.7 Å². The predicted molar refractivity (Wildman–Crippen MR) is 106 cm³/mol. The number of imidazole rings is 1. The first-order valence-corrected chi connectivity index (χ1v) is 9.83. The number of hydrogen-bond acceptors (Lipinski definition) is 8. The summed E-state index contributed by atoms with van der Waals surface area (Å²) in [5.41, 5.74) is 5.94. The van der Waals surface area contributed by atoms with Gasteiger partial charge in [-0.25, -0.2) is 9.78 Å². The van der Waals surface area contributed by atoms with Crippen LogP contribution in [0.1, 0.15) is 25.0 Å². The van der Waals surface area contributed by atoms with Gasteiger partial charge in [0, 0.05) is 24.9 Å². The second kappa shape index (κ2) is 11.2. The smallest absolute Gasteiger partial charge is 0.326 e. The van der Waals surface area contributed by atoms with Crippen LogP contribution in [0.25, 0.3) is 0 Å². The van der Waals surface area contributed by atoms with Gasteiger partial charge in [0.25, 0.3) is 0 Å². The lowest BCUT2D eigenvalue weighted by molar-refractivity contribution is -0.149. The molecule has 14 heteroatoms. The Hall–Kier alpha value is -3.52. The van der Waals surface area contributed by atoms with Gasteiger partial charge in [-0.05, 0) is 12.8 Å². The molecule has 2 heterocycles. The van der Waals surface area contributed by atoms with Crippen molar-refractivity contribution in [2.75, 3.05) is 13.2 Å². The van der Waals surface area contributed by atoms with Gasteiger partial charge in [0.15, 0.2) is 0 Å². The minimum atomic E-state index is -1.51. The van der Waals surface area contributed by atoms with E-state index < -0.39 is 66.9 Å². The molecular weight excluding hydrogens is 428 g/mol.